The molecule has 2 amide bonds. The topological polar surface area (TPSA) is 82.6 Å². The van der Waals surface area contributed by atoms with E-state index in [2.05, 4.69) is 27.9 Å². The average Bonchev–Trinajstić information content (AvgIpc) is 2.63. The number of guanidine groups is 1. The smallest absolute Gasteiger partial charge is 0.249 e. The number of nitrogens with zero attached hydrogens (tertiary/aromatic N) is 1. The minimum absolute atomic E-state index is 0.0264. The Balaban J connectivity index is 1.70. The van der Waals surface area contributed by atoms with E-state index in [1.807, 2.05) is 42.5 Å². The molecule has 0 fully saturated rings. The number of anilines is 2. The maximum atomic E-state index is 12.4. The lowest BCUT2D eigenvalue weighted by molar-refractivity contribution is -0.124. The van der Waals surface area contributed by atoms with Crippen molar-refractivity contribution in [1.29, 1.82) is 0 Å². The van der Waals surface area contributed by atoms with E-state index < -0.39 is 6.04 Å². The van der Waals surface area contributed by atoms with Crippen molar-refractivity contribution >= 4 is 29.1 Å². The fraction of sp³-hybridized carbons (Fsp3) is 0.211. The first-order chi connectivity index (χ1) is 12.1. The highest BCUT2D eigenvalue weighted by Crippen LogP contribution is 2.13. The summed E-state index contributed by atoms with van der Waals surface area (Å²) >= 11 is 0. The number of carbonyl (C=O) groups is 2. The molecule has 1 atom stereocenters. The third kappa shape index (κ3) is 4.44. The summed E-state index contributed by atoms with van der Waals surface area (Å²) in [6, 6.07) is 16.2. The predicted molar refractivity (Wildman–Crippen MR) is 98.5 cm³/mol. The van der Waals surface area contributed by atoms with Crippen LogP contribution in [0.4, 0.5) is 11.4 Å². The molecule has 0 spiro atoms. The Hall–Kier alpha value is -3.15. The SMILES string of the molecule is CCc1ccc(NC2=N[C@H](C(=O)Nc3ccccc3)CC(=O)N2)cc1. The van der Waals surface area contributed by atoms with Gasteiger partial charge in [-0.25, -0.2) is 4.99 Å². The molecule has 0 unspecified atom stereocenters. The summed E-state index contributed by atoms with van der Waals surface area (Å²) in [6.45, 7) is 2.09. The van der Waals surface area contributed by atoms with Gasteiger partial charge in [0.25, 0.3) is 0 Å². The van der Waals surface area contributed by atoms with Gasteiger partial charge in [-0.3, -0.25) is 14.9 Å². The molecule has 6 nitrogen and oxygen atoms in total. The molecule has 2 aromatic carbocycles. The van der Waals surface area contributed by atoms with E-state index >= 15 is 0 Å². The third-order valence-electron chi connectivity index (χ3n) is 3.89. The van der Waals surface area contributed by atoms with Gasteiger partial charge in [0.15, 0.2) is 0 Å². The van der Waals surface area contributed by atoms with Gasteiger partial charge in [-0.2, -0.15) is 0 Å². The van der Waals surface area contributed by atoms with Crippen molar-refractivity contribution < 1.29 is 9.59 Å². The van der Waals surface area contributed by atoms with Crippen molar-refractivity contribution in [2.75, 3.05) is 10.6 Å². The number of benzene rings is 2. The van der Waals surface area contributed by atoms with Crippen LogP contribution < -0.4 is 16.0 Å². The van der Waals surface area contributed by atoms with Crippen molar-refractivity contribution in [3.8, 4) is 0 Å². The fourth-order valence-corrected chi connectivity index (χ4v) is 2.51. The Morgan fingerprint density at radius 2 is 1.84 bits per heavy atom. The summed E-state index contributed by atoms with van der Waals surface area (Å²) in [6.07, 6.45) is 0.984. The standard InChI is InChI=1S/C19H20N4O2/c1-2-13-8-10-15(11-9-13)21-19-22-16(12-17(24)23-19)18(25)20-14-6-4-3-5-7-14/h3-11,16H,2,12H2,1H3,(H,20,25)(H2,21,22,23,24)/t16-/m0/s1. The van der Waals surface area contributed by atoms with Crippen LogP contribution in [0.1, 0.15) is 18.9 Å². The quantitative estimate of drug-likeness (QED) is 0.802. The predicted octanol–water partition coefficient (Wildman–Crippen LogP) is 2.54. The van der Waals surface area contributed by atoms with Gasteiger partial charge < -0.3 is 10.6 Å². The highest BCUT2D eigenvalue weighted by atomic mass is 16.2. The molecule has 25 heavy (non-hydrogen) atoms. The van der Waals surface area contributed by atoms with Crippen molar-refractivity contribution in [3.63, 3.8) is 0 Å². The van der Waals surface area contributed by atoms with E-state index in [0.717, 1.165) is 12.1 Å². The molecule has 0 radical (unpaired) electrons. The molecule has 0 saturated carbocycles. The molecule has 0 bridgehead atoms. The number of para-hydroxylation sites is 1. The average molecular weight is 336 g/mol. The van der Waals surface area contributed by atoms with Gasteiger partial charge in [-0.15, -0.1) is 0 Å². The van der Waals surface area contributed by atoms with Crippen LogP contribution in [0.25, 0.3) is 0 Å². The Bertz CT molecular complexity index is 785. The molecule has 1 aliphatic rings. The van der Waals surface area contributed by atoms with Crippen molar-refractivity contribution in [3.05, 3.63) is 60.2 Å². The molecule has 3 N–H and O–H groups in total. The number of hydrogen-bond donors (Lipinski definition) is 3. The number of aryl methyl sites for hydroxylation is 1. The summed E-state index contributed by atoms with van der Waals surface area (Å²) in [5.74, 6) is -0.258. The number of rotatable bonds is 4. The van der Waals surface area contributed by atoms with Gasteiger partial charge in [0, 0.05) is 11.4 Å². The normalized spacial score (nSPS) is 16.6. The van der Waals surface area contributed by atoms with Crippen molar-refractivity contribution in [1.82, 2.24) is 5.32 Å². The fourth-order valence-electron chi connectivity index (χ4n) is 2.51. The van der Waals surface area contributed by atoms with Gasteiger partial charge in [0.05, 0.1) is 6.42 Å². The molecule has 128 valence electrons. The van der Waals surface area contributed by atoms with Crippen LogP contribution in [0.2, 0.25) is 0 Å². The third-order valence-corrected chi connectivity index (χ3v) is 3.89. The van der Waals surface area contributed by atoms with Crippen LogP contribution in [0.15, 0.2) is 59.6 Å². The van der Waals surface area contributed by atoms with Gasteiger partial charge in [0.1, 0.15) is 6.04 Å². The lowest BCUT2D eigenvalue weighted by Crippen LogP contribution is -2.45. The number of carbonyl (C=O) groups excluding carboxylic acids is 2. The Labute approximate surface area is 146 Å². The lowest BCUT2D eigenvalue weighted by atomic mass is 10.1. The molecular formula is C19H20N4O2. The summed E-state index contributed by atoms with van der Waals surface area (Å²) in [7, 11) is 0. The molecule has 6 heteroatoms. The largest absolute Gasteiger partial charge is 0.326 e. The second-order valence-corrected chi connectivity index (χ2v) is 5.78. The van der Waals surface area contributed by atoms with Crippen LogP contribution in [-0.4, -0.2) is 23.8 Å². The highest BCUT2D eigenvalue weighted by molar-refractivity contribution is 6.09. The van der Waals surface area contributed by atoms with E-state index in [9.17, 15) is 9.59 Å². The van der Waals surface area contributed by atoms with E-state index in [1.54, 1.807) is 12.1 Å². The summed E-state index contributed by atoms with van der Waals surface area (Å²) in [5, 5.41) is 8.49. The van der Waals surface area contributed by atoms with Gasteiger partial charge >= 0.3 is 0 Å². The zero-order chi connectivity index (χ0) is 17.6. The molecule has 0 saturated heterocycles. The first-order valence-corrected chi connectivity index (χ1v) is 8.23. The first-order valence-electron chi connectivity index (χ1n) is 8.23. The van der Waals surface area contributed by atoms with Crippen LogP contribution in [0.3, 0.4) is 0 Å². The maximum Gasteiger partial charge on any atom is 0.249 e. The number of hydrogen-bond acceptors (Lipinski definition) is 4. The first kappa shape index (κ1) is 16.7. The Kier molecular flexibility index (Phi) is 5.09. The van der Waals surface area contributed by atoms with Crippen LogP contribution in [0.5, 0.6) is 0 Å². The zero-order valence-electron chi connectivity index (χ0n) is 14.0. The van der Waals surface area contributed by atoms with Gasteiger partial charge in [0.2, 0.25) is 17.8 Å². The molecule has 2 aromatic rings. The molecule has 1 heterocycles. The monoisotopic (exact) mass is 336 g/mol. The molecule has 3 rings (SSSR count). The molecular weight excluding hydrogens is 316 g/mol. The maximum absolute atomic E-state index is 12.4. The van der Waals surface area contributed by atoms with Crippen LogP contribution in [-0.2, 0) is 16.0 Å². The van der Waals surface area contributed by atoms with E-state index in [1.165, 1.54) is 5.56 Å². The number of nitrogens with one attached hydrogen (secondary N) is 3. The number of amides is 2. The second kappa shape index (κ2) is 7.61. The summed E-state index contributed by atoms with van der Waals surface area (Å²) in [4.78, 5) is 28.6. The summed E-state index contributed by atoms with van der Waals surface area (Å²) in [5.41, 5.74) is 2.71. The van der Waals surface area contributed by atoms with Gasteiger partial charge in [-0.05, 0) is 36.2 Å². The highest BCUT2D eigenvalue weighted by Gasteiger charge is 2.27. The second-order valence-electron chi connectivity index (χ2n) is 5.78. The Morgan fingerprint density at radius 1 is 1.12 bits per heavy atom. The van der Waals surface area contributed by atoms with E-state index in [-0.39, 0.29) is 24.2 Å². The van der Waals surface area contributed by atoms with Crippen LogP contribution >= 0.6 is 0 Å². The van der Waals surface area contributed by atoms with E-state index in [0.29, 0.717) is 5.69 Å². The molecule has 1 aliphatic heterocycles. The van der Waals surface area contributed by atoms with Gasteiger partial charge in [-0.1, -0.05) is 37.3 Å². The minimum Gasteiger partial charge on any atom is -0.326 e. The van der Waals surface area contributed by atoms with E-state index in [4.69, 9.17) is 0 Å². The van der Waals surface area contributed by atoms with Crippen LogP contribution in [0, 0.1) is 0 Å². The Morgan fingerprint density at radius 3 is 2.52 bits per heavy atom. The zero-order valence-corrected chi connectivity index (χ0v) is 14.0. The van der Waals surface area contributed by atoms with Crippen molar-refractivity contribution in [2.24, 2.45) is 4.99 Å². The number of aliphatic imine (C=N–C) groups is 1. The molecule has 0 aromatic heterocycles. The summed E-state index contributed by atoms with van der Waals surface area (Å²) < 4.78 is 0. The van der Waals surface area contributed by atoms with Crippen molar-refractivity contribution in [2.45, 2.75) is 25.8 Å². The minimum atomic E-state index is -0.758. The lowest BCUT2D eigenvalue weighted by Gasteiger charge is -2.21. The molecule has 0 aliphatic carbocycles.